The fourth-order valence-electron chi connectivity index (χ4n) is 2.62. The van der Waals surface area contributed by atoms with Crippen molar-refractivity contribution in [1.29, 1.82) is 0 Å². The molecule has 3 nitrogen and oxygen atoms in total. The molecule has 0 heterocycles. The van der Waals surface area contributed by atoms with E-state index in [0.717, 1.165) is 44.6 Å². The standard InChI is InChI=1S/C14H19BrFNO2S/c1-17(11-6-4-2-3-5-7-11)20(18,19)12-8-9-13(15)14(16)10-12/h8-11H,2-7H2,1H3. The first-order chi connectivity index (χ1) is 9.43. The highest BCUT2D eigenvalue weighted by Gasteiger charge is 2.28. The Morgan fingerprint density at radius 3 is 2.35 bits per heavy atom. The highest BCUT2D eigenvalue weighted by molar-refractivity contribution is 9.10. The number of hydrogen-bond donors (Lipinski definition) is 0. The van der Waals surface area contributed by atoms with Gasteiger partial charge in [0.1, 0.15) is 5.82 Å². The van der Waals surface area contributed by atoms with Gasteiger partial charge in [-0.15, -0.1) is 0 Å². The average molecular weight is 364 g/mol. The van der Waals surface area contributed by atoms with E-state index in [1.54, 1.807) is 7.05 Å². The van der Waals surface area contributed by atoms with Gasteiger partial charge in [-0.3, -0.25) is 0 Å². The molecule has 0 saturated heterocycles. The number of sulfonamides is 1. The maximum absolute atomic E-state index is 13.6. The smallest absolute Gasteiger partial charge is 0.207 e. The summed E-state index contributed by atoms with van der Waals surface area (Å²) in [5, 5.41) is 0. The Hall–Kier alpha value is -0.460. The highest BCUT2D eigenvalue weighted by Crippen LogP contribution is 2.27. The van der Waals surface area contributed by atoms with E-state index < -0.39 is 15.8 Å². The van der Waals surface area contributed by atoms with E-state index in [9.17, 15) is 12.8 Å². The van der Waals surface area contributed by atoms with Crippen molar-refractivity contribution in [2.45, 2.75) is 49.5 Å². The summed E-state index contributed by atoms with van der Waals surface area (Å²) in [6.45, 7) is 0. The second kappa shape index (κ2) is 6.54. The number of rotatable bonds is 3. The van der Waals surface area contributed by atoms with Crippen molar-refractivity contribution in [2.24, 2.45) is 0 Å². The van der Waals surface area contributed by atoms with E-state index >= 15 is 0 Å². The molecular weight excluding hydrogens is 345 g/mol. The molecule has 0 radical (unpaired) electrons. The lowest BCUT2D eigenvalue weighted by Gasteiger charge is -2.26. The first-order valence-corrected chi connectivity index (χ1v) is 9.09. The second-order valence-electron chi connectivity index (χ2n) is 5.24. The van der Waals surface area contributed by atoms with E-state index in [2.05, 4.69) is 15.9 Å². The molecule has 1 aromatic rings. The predicted octanol–water partition coefficient (Wildman–Crippen LogP) is 3.93. The lowest BCUT2D eigenvalue weighted by molar-refractivity contribution is 0.335. The zero-order chi connectivity index (χ0) is 14.8. The van der Waals surface area contributed by atoms with Crippen molar-refractivity contribution in [1.82, 2.24) is 4.31 Å². The van der Waals surface area contributed by atoms with Crippen molar-refractivity contribution in [2.75, 3.05) is 7.05 Å². The van der Waals surface area contributed by atoms with Gasteiger partial charge in [0.05, 0.1) is 9.37 Å². The molecule has 1 aliphatic carbocycles. The van der Waals surface area contributed by atoms with Crippen molar-refractivity contribution in [3.05, 3.63) is 28.5 Å². The van der Waals surface area contributed by atoms with Gasteiger partial charge in [-0.25, -0.2) is 12.8 Å². The molecule has 2 rings (SSSR count). The molecule has 6 heteroatoms. The van der Waals surface area contributed by atoms with Gasteiger partial charge in [0.25, 0.3) is 0 Å². The van der Waals surface area contributed by atoms with Crippen LogP contribution in [0.15, 0.2) is 27.6 Å². The third-order valence-corrected chi connectivity index (χ3v) is 6.46. The van der Waals surface area contributed by atoms with Crippen LogP contribution in [-0.2, 0) is 10.0 Å². The SMILES string of the molecule is CN(C1CCCCCC1)S(=O)(=O)c1ccc(Br)c(F)c1. The fourth-order valence-corrected chi connectivity index (χ4v) is 4.30. The van der Waals surface area contributed by atoms with Crippen LogP contribution in [0.4, 0.5) is 4.39 Å². The third-order valence-electron chi connectivity index (χ3n) is 3.91. The van der Waals surface area contributed by atoms with Crippen molar-refractivity contribution < 1.29 is 12.8 Å². The zero-order valence-electron chi connectivity index (χ0n) is 11.5. The molecule has 0 N–H and O–H groups in total. The maximum atomic E-state index is 13.6. The topological polar surface area (TPSA) is 37.4 Å². The molecule has 0 unspecified atom stereocenters. The van der Waals surface area contributed by atoms with Gasteiger partial charge >= 0.3 is 0 Å². The maximum Gasteiger partial charge on any atom is 0.243 e. The number of benzene rings is 1. The molecular formula is C14H19BrFNO2S. The Bertz CT molecular complexity index is 569. The Kier molecular flexibility index (Phi) is 5.20. The van der Waals surface area contributed by atoms with Crippen LogP contribution in [0, 0.1) is 5.82 Å². The van der Waals surface area contributed by atoms with Gasteiger partial charge in [0.2, 0.25) is 10.0 Å². The molecule has 0 aliphatic heterocycles. The monoisotopic (exact) mass is 363 g/mol. The van der Waals surface area contributed by atoms with Gasteiger partial charge in [-0.1, -0.05) is 25.7 Å². The highest BCUT2D eigenvalue weighted by atomic mass is 79.9. The third kappa shape index (κ3) is 3.40. The Morgan fingerprint density at radius 2 is 1.80 bits per heavy atom. The van der Waals surface area contributed by atoms with E-state index in [1.807, 2.05) is 0 Å². The van der Waals surface area contributed by atoms with Crippen molar-refractivity contribution >= 4 is 26.0 Å². The Morgan fingerprint density at radius 1 is 1.20 bits per heavy atom. The van der Waals surface area contributed by atoms with Gasteiger partial charge in [0.15, 0.2) is 0 Å². The summed E-state index contributed by atoms with van der Waals surface area (Å²) in [4.78, 5) is 0.0185. The normalized spacial score (nSPS) is 18.2. The fraction of sp³-hybridized carbons (Fsp3) is 0.571. The summed E-state index contributed by atoms with van der Waals surface area (Å²) in [5.74, 6) is -0.555. The molecule has 112 valence electrons. The summed E-state index contributed by atoms with van der Waals surface area (Å²) in [5.41, 5.74) is 0. The quantitative estimate of drug-likeness (QED) is 0.762. The molecule has 1 aliphatic rings. The minimum absolute atomic E-state index is 0.0185. The largest absolute Gasteiger partial charge is 0.243 e. The van der Waals surface area contributed by atoms with Gasteiger partial charge in [-0.05, 0) is 47.0 Å². The van der Waals surface area contributed by atoms with E-state index in [-0.39, 0.29) is 15.4 Å². The minimum atomic E-state index is -3.62. The molecule has 0 aromatic heterocycles. The van der Waals surface area contributed by atoms with E-state index in [0.29, 0.717) is 0 Å². The summed E-state index contributed by atoms with van der Waals surface area (Å²) >= 11 is 3.04. The van der Waals surface area contributed by atoms with E-state index in [1.165, 1.54) is 16.4 Å². The molecule has 0 spiro atoms. The van der Waals surface area contributed by atoms with Crippen LogP contribution in [0.5, 0.6) is 0 Å². The average Bonchev–Trinajstić information content (AvgIpc) is 2.69. The van der Waals surface area contributed by atoms with E-state index in [4.69, 9.17) is 0 Å². The van der Waals surface area contributed by atoms with Crippen LogP contribution in [0.25, 0.3) is 0 Å². The van der Waals surface area contributed by atoms with Gasteiger partial charge < -0.3 is 0 Å². The number of halogens is 2. The summed E-state index contributed by atoms with van der Waals surface area (Å²) in [6.07, 6.45) is 6.20. The van der Waals surface area contributed by atoms with Crippen LogP contribution >= 0.6 is 15.9 Å². The lowest BCUT2D eigenvalue weighted by Crippen LogP contribution is -2.36. The molecule has 0 amide bonds. The van der Waals surface area contributed by atoms with Crippen LogP contribution in [0.2, 0.25) is 0 Å². The van der Waals surface area contributed by atoms with Crippen LogP contribution in [0.1, 0.15) is 38.5 Å². The molecule has 0 atom stereocenters. The van der Waals surface area contributed by atoms with Crippen LogP contribution in [0.3, 0.4) is 0 Å². The van der Waals surface area contributed by atoms with Crippen LogP contribution in [-0.4, -0.2) is 25.8 Å². The number of hydrogen-bond acceptors (Lipinski definition) is 2. The van der Waals surface area contributed by atoms with Crippen molar-refractivity contribution in [3.8, 4) is 0 Å². The molecule has 1 fully saturated rings. The summed E-state index contributed by atoms with van der Waals surface area (Å²) in [7, 11) is -2.02. The van der Waals surface area contributed by atoms with Gasteiger partial charge in [-0.2, -0.15) is 4.31 Å². The molecule has 0 bridgehead atoms. The molecule has 1 saturated carbocycles. The van der Waals surface area contributed by atoms with Crippen molar-refractivity contribution in [3.63, 3.8) is 0 Å². The van der Waals surface area contributed by atoms with Crippen LogP contribution < -0.4 is 0 Å². The number of nitrogens with zero attached hydrogens (tertiary/aromatic N) is 1. The first-order valence-electron chi connectivity index (χ1n) is 6.86. The molecule has 1 aromatic carbocycles. The Labute approximate surface area is 128 Å². The first kappa shape index (κ1) is 15.9. The van der Waals surface area contributed by atoms with Gasteiger partial charge in [0, 0.05) is 13.1 Å². The molecule has 20 heavy (non-hydrogen) atoms. The summed E-state index contributed by atoms with van der Waals surface area (Å²) < 4.78 is 40.3. The zero-order valence-corrected chi connectivity index (χ0v) is 13.9. The second-order valence-corrected chi connectivity index (χ2v) is 8.09. The Balaban J connectivity index is 2.26. The lowest BCUT2D eigenvalue weighted by atomic mass is 10.1. The minimum Gasteiger partial charge on any atom is -0.207 e. The summed E-state index contributed by atoms with van der Waals surface area (Å²) in [6, 6.07) is 3.97. The predicted molar refractivity (Wildman–Crippen MR) is 80.5 cm³/mol.